The minimum atomic E-state index is -0.508. The van der Waals surface area contributed by atoms with E-state index in [9.17, 15) is 9.59 Å². The summed E-state index contributed by atoms with van der Waals surface area (Å²) in [5, 5.41) is 3.40. The number of hydrogen-bond donors (Lipinski definition) is 2. The van der Waals surface area contributed by atoms with Crippen molar-refractivity contribution in [3.05, 3.63) is 16.0 Å². The molecule has 1 fully saturated rings. The van der Waals surface area contributed by atoms with E-state index < -0.39 is 5.91 Å². The van der Waals surface area contributed by atoms with Gasteiger partial charge >= 0.3 is 0 Å². The van der Waals surface area contributed by atoms with Gasteiger partial charge in [-0.1, -0.05) is 0 Å². The number of hydrogen-bond acceptors (Lipinski definition) is 6. The molecule has 132 valence electrons. The number of carbonyl (C=O) groups excluding carboxylic acids is 2. The lowest BCUT2D eigenvalue weighted by molar-refractivity contribution is -0.118. The van der Waals surface area contributed by atoms with Crippen LogP contribution in [-0.2, 0) is 27.3 Å². The van der Waals surface area contributed by atoms with Crippen LogP contribution in [0, 0.1) is 0 Å². The number of amides is 2. The number of morpholine rings is 1. The number of fused-ring (bicyclic) bond motifs is 1. The monoisotopic (exact) mass is 353 g/mol. The van der Waals surface area contributed by atoms with E-state index in [0.29, 0.717) is 36.8 Å². The molecule has 0 spiro atoms. The van der Waals surface area contributed by atoms with Crippen molar-refractivity contribution in [3.8, 4) is 0 Å². The van der Waals surface area contributed by atoms with E-state index in [0.717, 1.165) is 23.5 Å². The largest absolute Gasteiger partial charge is 0.379 e. The summed E-state index contributed by atoms with van der Waals surface area (Å²) in [7, 11) is 0. The molecule has 1 saturated heterocycles. The summed E-state index contributed by atoms with van der Waals surface area (Å²) in [5.41, 5.74) is 6.58. The summed E-state index contributed by atoms with van der Waals surface area (Å²) in [6, 6.07) is 0. The van der Waals surface area contributed by atoms with Crippen LogP contribution in [0.2, 0.25) is 0 Å². The number of nitrogens with one attached hydrogen (secondary N) is 1. The van der Waals surface area contributed by atoms with Crippen LogP contribution in [0.1, 0.15) is 34.6 Å². The Morgan fingerprint density at radius 3 is 2.71 bits per heavy atom. The van der Waals surface area contributed by atoms with Crippen LogP contribution in [0.4, 0.5) is 5.00 Å². The van der Waals surface area contributed by atoms with Crippen LogP contribution in [0.25, 0.3) is 0 Å². The molecule has 0 aliphatic carbocycles. The lowest BCUT2D eigenvalue weighted by Crippen LogP contribution is -2.41. The predicted octanol–water partition coefficient (Wildman–Crippen LogP) is 0.969. The summed E-state index contributed by atoms with van der Waals surface area (Å²) in [4.78, 5) is 27.3. The first-order valence-corrected chi connectivity index (χ1v) is 8.85. The Morgan fingerprint density at radius 2 is 2.04 bits per heavy atom. The molecule has 3 heterocycles. The van der Waals surface area contributed by atoms with E-state index in [1.54, 1.807) is 0 Å². The van der Waals surface area contributed by atoms with Gasteiger partial charge in [-0.05, 0) is 19.4 Å². The van der Waals surface area contributed by atoms with Crippen molar-refractivity contribution in [2.24, 2.45) is 5.73 Å². The molecule has 3 N–H and O–H groups in total. The zero-order valence-electron chi connectivity index (χ0n) is 14.0. The van der Waals surface area contributed by atoms with E-state index in [2.05, 4.69) is 5.32 Å². The van der Waals surface area contributed by atoms with Crippen molar-refractivity contribution in [2.75, 3.05) is 38.2 Å². The van der Waals surface area contributed by atoms with Gasteiger partial charge in [0.1, 0.15) is 5.00 Å². The van der Waals surface area contributed by atoms with Crippen LogP contribution in [0.15, 0.2) is 0 Å². The standard InChI is InChI=1S/C16H23N3O4S/c1-16(2)7-10-11(9-23-16)24-15(13(10)14(17)21)18-12(20)8-19-3-5-22-6-4-19/h3-9H2,1-2H3,(H2,17,21)(H,18,20). The van der Waals surface area contributed by atoms with Crippen LogP contribution in [0.3, 0.4) is 0 Å². The highest BCUT2D eigenvalue weighted by atomic mass is 32.1. The Kier molecular flexibility index (Phi) is 4.91. The lowest BCUT2D eigenvalue weighted by Gasteiger charge is -2.30. The van der Waals surface area contributed by atoms with Crippen molar-refractivity contribution in [3.63, 3.8) is 0 Å². The van der Waals surface area contributed by atoms with E-state index >= 15 is 0 Å². The first-order valence-electron chi connectivity index (χ1n) is 8.04. The highest BCUT2D eigenvalue weighted by Crippen LogP contribution is 2.40. The second-order valence-electron chi connectivity index (χ2n) is 6.73. The number of carbonyl (C=O) groups is 2. The SMILES string of the molecule is CC1(C)Cc2c(sc(NC(=O)CN3CCOCC3)c2C(N)=O)CO1. The maximum Gasteiger partial charge on any atom is 0.251 e. The molecule has 1 aromatic heterocycles. The summed E-state index contributed by atoms with van der Waals surface area (Å²) < 4.78 is 11.1. The molecule has 7 nitrogen and oxygen atoms in total. The maximum atomic E-state index is 12.3. The van der Waals surface area contributed by atoms with Gasteiger partial charge in [0, 0.05) is 24.4 Å². The zero-order chi connectivity index (χ0) is 17.3. The van der Waals surface area contributed by atoms with Gasteiger partial charge in [-0.25, -0.2) is 0 Å². The van der Waals surface area contributed by atoms with Gasteiger partial charge in [0.15, 0.2) is 0 Å². The molecular formula is C16H23N3O4S. The number of rotatable bonds is 4. The van der Waals surface area contributed by atoms with Crippen LogP contribution < -0.4 is 11.1 Å². The Morgan fingerprint density at radius 1 is 1.33 bits per heavy atom. The van der Waals surface area contributed by atoms with Gasteiger partial charge in [-0.3, -0.25) is 14.5 Å². The van der Waals surface area contributed by atoms with Crippen molar-refractivity contribution in [1.29, 1.82) is 0 Å². The highest BCUT2D eigenvalue weighted by Gasteiger charge is 2.33. The lowest BCUT2D eigenvalue weighted by atomic mass is 9.93. The number of anilines is 1. The number of nitrogens with zero attached hydrogens (tertiary/aromatic N) is 1. The van der Waals surface area contributed by atoms with E-state index in [1.165, 1.54) is 11.3 Å². The molecule has 0 radical (unpaired) electrons. The molecule has 8 heteroatoms. The van der Waals surface area contributed by atoms with E-state index in [1.807, 2.05) is 18.7 Å². The minimum Gasteiger partial charge on any atom is -0.379 e. The zero-order valence-corrected chi connectivity index (χ0v) is 14.8. The van der Waals surface area contributed by atoms with Crippen LogP contribution in [0.5, 0.6) is 0 Å². The van der Waals surface area contributed by atoms with Gasteiger partial charge in [-0.2, -0.15) is 0 Å². The van der Waals surface area contributed by atoms with Crippen molar-refractivity contribution < 1.29 is 19.1 Å². The van der Waals surface area contributed by atoms with Crippen molar-refractivity contribution in [1.82, 2.24) is 4.90 Å². The molecule has 24 heavy (non-hydrogen) atoms. The summed E-state index contributed by atoms with van der Waals surface area (Å²) in [6.45, 7) is 7.43. The van der Waals surface area contributed by atoms with Crippen molar-refractivity contribution >= 4 is 28.2 Å². The fourth-order valence-corrected chi connectivity index (χ4v) is 4.18. The highest BCUT2D eigenvalue weighted by molar-refractivity contribution is 7.17. The Bertz CT molecular complexity index is 650. The Hall–Kier alpha value is -1.48. The minimum absolute atomic E-state index is 0.141. The molecule has 2 aliphatic rings. The molecule has 0 saturated carbocycles. The summed E-state index contributed by atoms with van der Waals surface area (Å²) in [6.07, 6.45) is 0.608. The number of nitrogens with two attached hydrogens (primary N) is 1. The second-order valence-corrected chi connectivity index (χ2v) is 7.84. The third kappa shape index (κ3) is 3.77. The molecule has 0 bridgehead atoms. The number of primary amides is 1. The fraction of sp³-hybridized carbons (Fsp3) is 0.625. The van der Waals surface area contributed by atoms with Gasteiger partial charge in [0.05, 0.1) is 37.5 Å². The Balaban J connectivity index is 1.77. The number of ether oxygens (including phenoxy) is 2. The predicted molar refractivity (Wildman–Crippen MR) is 91.3 cm³/mol. The average molecular weight is 353 g/mol. The quantitative estimate of drug-likeness (QED) is 0.841. The average Bonchev–Trinajstić information content (AvgIpc) is 2.83. The third-order valence-electron chi connectivity index (χ3n) is 4.26. The van der Waals surface area contributed by atoms with Crippen LogP contribution >= 0.6 is 11.3 Å². The van der Waals surface area contributed by atoms with E-state index in [4.69, 9.17) is 15.2 Å². The first kappa shape index (κ1) is 17.3. The van der Waals surface area contributed by atoms with Gasteiger partial charge in [-0.15, -0.1) is 11.3 Å². The molecule has 1 aromatic rings. The summed E-state index contributed by atoms with van der Waals surface area (Å²) in [5.74, 6) is -0.648. The fourth-order valence-electron chi connectivity index (χ4n) is 3.03. The maximum absolute atomic E-state index is 12.3. The molecule has 2 amide bonds. The first-order chi connectivity index (χ1) is 11.4. The summed E-state index contributed by atoms with van der Waals surface area (Å²) >= 11 is 1.38. The molecule has 0 unspecified atom stereocenters. The van der Waals surface area contributed by atoms with Gasteiger partial charge < -0.3 is 20.5 Å². The van der Waals surface area contributed by atoms with Gasteiger partial charge in [0.2, 0.25) is 5.91 Å². The Labute approximate surface area is 145 Å². The number of thiophene rings is 1. The molecular weight excluding hydrogens is 330 g/mol. The molecule has 0 atom stereocenters. The smallest absolute Gasteiger partial charge is 0.251 e. The molecule has 0 aromatic carbocycles. The normalized spacial score (nSPS) is 20.4. The van der Waals surface area contributed by atoms with Gasteiger partial charge in [0.25, 0.3) is 5.91 Å². The second kappa shape index (κ2) is 6.79. The van der Waals surface area contributed by atoms with Crippen molar-refractivity contribution in [2.45, 2.75) is 32.5 Å². The van der Waals surface area contributed by atoms with E-state index in [-0.39, 0.29) is 18.1 Å². The van der Waals surface area contributed by atoms with Crippen LogP contribution in [-0.4, -0.2) is 55.2 Å². The topological polar surface area (TPSA) is 93.9 Å². The third-order valence-corrected chi connectivity index (χ3v) is 5.38. The molecule has 3 rings (SSSR count). The molecule has 2 aliphatic heterocycles.